The van der Waals surface area contributed by atoms with E-state index in [0.29, 0.717) is 5.69 Å². The normalized spacial score (nSPS) is 16.9. The number of carbonyl (C=O) groups excluding carboxylic acids is 2. The van der Waals surface area contributed by atoms with E-state index in [1.54, 1.807) is 11.0 Å². The second-order valence-electron chi connectivity index (χ2n) is 6.97. The van der Waals surface area contributed by atoms with E-state index in [-0.39, 0.29) is 29.7 Å². The highest BCUT2D eigenvalue weighted by Gasteiger charge is 2.35. The van der Waals surface area contributed by atoms with Crippen LogP contribution in [0.5, 0.6) is 0 Å². The topological polar surface area (TPSA) is 110 Å². The lowest BCUT2D eigenvalue weighted by molar-refractivity contribution is -0.122. The summed E-state index contributed by atoms with van der Waals surface area (Å²) in [4.78, 5) is 26.9. The number of sulfonamides is 1. The minimum absolute atomic E-state index is 0.0872. The first-order valence-electron chi connectivity index (χ1n) is 9.05. The second kappa shape index (κ2) is 7.31. The van der Waals surface area contributed by atoms with Crippen molar-refractivity contribution < 1.29 is 18.0 Å². The van der Waals surface area contributed by atoms with Crippen LogP contribution in [0.4, 0.5) is 11.4 Å². The van der Waals surface area contributed by atoms with E-state index >= 15 is 0 Å². The molecule has 4 rings (SSSR count). The fraction of sp³-hybridized carbons (Fsp3) is 0.143. The summed E-state index contributed by atoms with van der Waals surface area (Å²) in [6, 6.07) is 19.2. The van der Waals surface area contributed by atoms with Crippen molar-refractivity contribution in [2.75, 3.05) is 16.8 Å². The highest BCUT2D eigenvalue weighted by Crippen LogP contribution is 2.32. The van der Waals surface area contributed by atoms with Crippen molar-refractivity contribution in [2.45, 2.75) is 11.3 Å². The molecule has 1 saturated heterocycles. The molecule has 1 atom stereocenters. The molecule has 148 valence electrons. The Morgan fingerprint density at radius 2 is 1.76 bits per heavy atom. The quantitative estimate of drug-likeness (QED) is 0.690. The summed E-state index contributed by atoms with van der Waals surface area (Å²) in [5, 5.41) is 9.79. The standard InChI is InChI=1S/C21H19N3O4S/c22-29(27,28)17-8-4-7-16(12-17)23-21(26)15-11-20(25)24(13-15)19-10-3-6-14-5-1-2-9-18(14)19/h1-10,12,15H,11,13H2,(H,23,26)(H2,22,27,28)/t15-/m0/s1. The van der Waals surface area contributed by atoms with Crippen LogP contribution >= 0.6 is 0 Å². The average molecular weight is 409 g/mol. The van der Waals surface area contributed by atoms with Crippen LogP contribution < -0.4 is 15.4 Å². The van der Waals surface area contributed by atoms with Crippen molar-refractivity contribution in [1.29, 1.82) is 0 Å². The monoisotopic (exact) mass is 409 g/mol. The van der Waals surface area contributed by atoms with E-state index < -0.39 is 15.9 Å². The Labute approximate surface area is 168 Å². The van der Waals surface area contributed by atoms with Crippen molar-refractivity contribution in [3.63, 3.8) is 0 Å². The van der Waals surface area contributed by atoms with Crippen LogP contribution in [0.2, 0.25) is 0 Å². The van der Waals surface area contributed by atoms with Crippen molar-refractivity contribution in [2.24, 2.45) is 11.1 Å². The Morgan fingerprint density at radius 1 is 1.03 bits per heavy atom. The third kappa shape index (κ3) is 3.85. The van der Waals surface area contributed by atoms with Gasteiger partial charge in [0.1, 0.15) is 0 Å². The molecule has 3 aromatic rings. The summed E-state index contributed by atoms with van der Waals surface area (Å²) >= 11 is 0. The molecule has 2 amide bonds. The maximum atomic E-state index is 12.7. The molecule has 0 bridgehead atoms. The lowest BCUT2D eigenvalue weighted by Gasteiger charge is -2.19. The van der Waals surface area contributed by atoms with E-state index in [2.05, 4.69) is 5.32 Å². The van der Waals surface area contributed by atoms with Gasteiger partial charge in [-0.05, 0) is 29.7 Å². The minimum Gasteiger partial charge on any atom is -0.326 e. The number of nitrogens with two attached hydrogens (primary N) is 1. The minimum atomic E-state index is -3.87. The number of fused-ring (bicyclic) bond motifs is 1. The number of rotatable bonds is 4. The maximum Gasteiger partial charge on any atom is 0.238 e. The molecule has 8 heteroatoms. The molecule has 3 N–H and O–H groups in total. The van der Waals surface area contributed by atoms with Crippen LogP contribution in [-0.4, -0.2) is 26.8 Å². The van der Waals surface area contributed by atoms with Gasteiger partial charge in [-0.3, -0.25) is 9.59 Å². The number of nitrogens with one attached hydrogen (secondary N) is 1. The first-order chi connectivity index (χ1) is 13.8. The van der Waals surface area contributed by atoms with Gasteiger partial charge in [0, 0.05) is 24.0 Å². The second-order valence-corrected chi connectivity index (χ2v) is 8.53. The molecule has 0 unspecified atom stereocenters. The van der Waals surface area contributed by atoms with E-state index in [0.717, 1.165) is 16.5 Å². The van der Waals surface area contributed by atoms with Gasteiger partial charge in [0.05, 0.1) is 16.5 Å². The number of carbonyl (C=O) groups is 2. The zero-order chi connectivity index (χ0) is 20.6. The summed E-state index contributed by atoms with van der Waals surface area (Å²) in [7, 11) is -3.87. The molecular formula is C21H19N3O4S. The van der Waals surface area contributed by atoms with Crippen molar-refractivity contribution >= 4 is 44.0 Å². The number of nitrogens with zero attached hydrogens (tertiary/aromatic N) is 1. The van der Waals surface area contributed by atoms with Crippen LogP contribution in [0.15, 0.2) is 71.6 Å². The number of anilines is 2. The third-order valence-corrected chi connectivity index (χ3v) is 5.89. The van der Waals surface area contributed by atoms with Crippen LogP contribution in [0, 0.1) is 5.92 Å². The predicted octanol–water partition coefficient (Wildman–Crippen LogP) is 2.48. The van der Waals surface area contributed by atoms with Crippen LogP contribution in [-0.2, 0) is 19.6 Å². The highest BCUT2D eigenvalue weighted by molar-refractivity contribution is 7.89. The zero-order valence-corrected chi connectivity index (χ0v) is 16.2. The molecule has 0 radical (unpaired) electrons. The van der Waals surface area contributed by atoms with Gasteiger partial charge in [0.25, 0.3) is 0 Å². The van der Waals surface area contributed by atoms with Gasteiger partial charge >= 0.3 is 0 Å². The fourth-order valence-corrected chi connectivity index (χ4v) is 4.11. The molecule has 3 aromatic carbocycles. The maximum absolute atomic E-state index is 12.7. The van der Waals surface area contributed by atoms with Gasteiger partial charge in [0.2, 0.25) is 21.8 Å². The average Bonchev–Trinajstić information content (AvgIpc) is 3.09. The van der Waals surface area contributed by atoms with Crippen molar-refractivity contribution in [3.8, 4) is 0 Å². The molecular weight excluding hydrogens is 390 g/mol. The number of primary sulfonamides is 1. The molecule has 0 aromatic heterocycles. The largest absolute Gasteiger partial charge is 0.326 e. The zero-order valence-electron chi connectivity index (χ0n) is 15.4. The van der Waals surface area contributed by atoms with Gasteiger partial charge in [0.15, 0.2) is 0 Å². The smallest absolute Gasteiger partial charge is 0.238 e. The Kier molecular flexibility index (Phi) is 4.81. The van der Waals surface area contributed by atoms with Gasteiger partial charge < -0.3 is 10.2 Å². The molecule has 1 aliphatic rings. The molecule has 1 fully saturated rings. The Hall–Kier alpha value is -3.23. The number of hydrogen-bond donors (Lipinski definition) is 2. The number of amides is 2. The van der Waals surface area contributed by atoms with Gasteiger partial charge in [-0.2, -0.15) is 0 Å². The summed E-state index contributed by atoms with van der Waals surface area (Å²) in [5.74, 6) is -1.01. The van der Waals surface area contributed by atoms with E-state index in [9.17, 15) is 18.0 Å². The van der Waals surface area contributed by atoms with E-state index in [4.69, 9.17) is 5.14 Å². The summed E-state index contributed by atoms with van der Waals surface area (Å²) in [6.07, 6.45) is 0.0872. The van der Waals surface area contributed by atoms with Crippen molar-refractivity contribution in [3.05, 3.63) is 66.7 Å². The lowest BCUT2D eigenvalue weighted by Crippen LogP contribution is -2.28. The first-order valence-corrected chi connectivity index (χ1v) is 10.6. The molecule has 0 spiro atoms. The predicted molar refractivity (Wildman–Crippen MR) is 111 cm³/mol. The van der Waals surface area contributed by atoms with Gasteiger partial charge in [-0.15, -0.1) is 0 Å². The Balaban J connectivity index is 1.54. The highest BCUT2D eigenvalue weighted by atomic mass is 32.2. The molecule has 0 aliphatic carbocycles. The molecule has 0 saturated carbocycles. The van der Waals surface area contributed by atoms with Crippen LogP contribution in [0.1, 0.15) is 6.42 Å². The Bertz CT molecular complexity index is 1220. The number of hydrogen-bond acceptors (Lipinski definition) is 4. The van der Waals surface area contributed by atoms with Crippen LogP contribution in [0.25, 0.3) is 10.8 Å². The third-order valence-electron chi connectivity index (χ3n) is 4.98. The molecule has 29 heavy (non-hydrogen) atoms. The lowest BCUT2D eigenvalue weighted by atomic mass is 10.1. The summed E-state index contributed by atoms with van der Waals surface area (Å²) in [5.41, 5.74) is 1.09. The summed E-state index contributed by atoms with van der Waals surface area (Å²) < 4.78 is 23.0. The van der Waals surface area contributed by atoms with E-state index in [1.165, 1.54) is 18.2 Å². The SMILES string of the molecule is NS(=O)(=O)c1cccc(NC(=O)[C@H]2CC(=O)N(c3cccc4ccccc34)C2)c1. The molecule has 1 heterocycles. The molecule has 1 aliphatic heterocycles. The van der Waals surface area contributed by atoms with Crippen LogP contribution in [0.3, 0.4) is 0 Å². The van der Waals surface area contributed by atoms with Gasteiger partial charge in [-0.25, -0.2) is 13.6 Å². The van der Waals surface area contributed by atoms with E-state index in [1.807, 2.05) is 42.5 Å². The first kappa shape index (κ1) is 19.1. The Morgan fingerprint density at radius 3 is 2.55 bits per heavy atom. The molecule has 7 nitrogen and oxygen atoms in total. The fourth-order valence-electron chi connectivity index (χ4n) is 3.55. The summed E-state index contributed by atoms with van der Waals surface area (Å²) in [6.45, 7) is 0.257. The number of benzene rings is 3. The van der Waals surface area contributed by atoms with Gasteiger partial charge in [-0.1, -0.05) is 42.5 Å². The van der Waals surface area contributed by atoms with Crippen molar-refractivity contribution in [1.82, 2.24) is 0 Å².